The van der Waals surface area contributed by atoms with Crippen LogP contribution in [0.4, 0.5) is 5.69 Å². The van der Waals surface area contributed by atoms with Crippen molar-refractivity contribution in [2.75, 3.05) is 18.5 Å². The van der Waals surface area contributed by atoms with Gasteiger partial charge in [0.05, 0.1) is 6.04 Å². The van der Waals surface area contributed by atoms with Crippen LogP contribution in [0.15, 0.2) is 54.6 Å². The monoisotopic (exact) mass is 422 g/mol. The first-order valence-corrected chi connectivity index (χ1v) is 10.6. The second-order valence-electron chi connectivity index (χ2n) is 7.11. The van der Waals surface area contributed by atoms with E-state index in [-0.39, 0.29) is 29.5 Å². The van der Waals surface area contributed by atoms with Crippen LogP contribution in [-0.2, 0) is 4.79 Å². The van der Waals surface area contributed by atoms with Gasteiger partial charge in [0.1, 0.15) is 10.8 Å². The summed E-state index contributed by atoms with van der Waals surface area (Å²) in [5, 5.41) is 12.0. The van der Waals surface area contributed by atoms with E-state index in [1.54, 1.807) is 4.90 Å². The summed E-state index contributed by atoms with van der Waals surface area (Å²) in [6.45, 7) is 2.61. The number of anilines is 1. The summed E-state index contributed by atoms with van der Waals surface area (Å²) in [5.41, 5.74) is 1.83. The van der Waals surface area contributed by atoms with Gasteiger partial charge in [0.2, 0.25) is 5.01 Å². The number of benzene rings is 2. The van der Waals surface area contributed by atoms with Crippen LogP contribution in [0.3, 0.4) is 0 Å². The number of carbonyl (C=O) groups excluding carboxylic acids is 2. The molecule has 4 rings (SSSR count). The van der Waals surface area contributed by atoms with Gasteiger partial charge in [-0.15, -0.1) is 10.2 Å². The fraction of sp³-hybridized carbons (Fsp3) is 0.273. The third kappa shape index (κ3) is 4.65. The van der Waals surface area contributed by atoms with E-state index in [9.17, 15) is 9.59 Å². The molecule has 1 saturated heterocycles. The largest absolute Gasteiger partial charge is 0.484 e. The minimum absolute atomic E-state index is 0.0277. The molecule has 0 aliphatic carbocycles. The molecule has 154 valence electrons. The van der Waals surface area contributed by atoms with Gasteiger partial charge < -0.3 is 15.0 Å². The summed E-state index contributed by atoms with van der Waals surface area (Å²) in [6, 6.07) is 16.6. The lowest BCUT2D eigenvalue weighted by molar-refractivity contribution is -0.134. The average Bonchev–Trinajstić information content (AvgIpc) is 3.44. The standard InChI is InChI=1S/C22H22N4O3S/c1-15-9-11-16(12-10-15)23-20(28)22-25-24-21(30-22)18-8-5-13-26(18)19(27)14-29-17-6-3-2-4-7-17/h2-4,6-7,9-12,18H,5,8,13-14H2,1H3,(H,23,28)/t18-/m0/s1. The minimum atomic E-state index is -0.300. The molecule has 0 radical (unpaired) electrons. The fourth-order valence-corrected chi connectivity index (χ4v) is 4.24. The molecular formula is C22H22N4O3S. The van der Waals surface area contributed by atoms with Crippen LogP contribution in [0.25, 0.3) is 0 Å². The van der Waals surface area contributed by atoms with E-state index in [1.165, 1.54) is 11.3 Å². The van der Waals surface area contributed by atoms with Crippen LogP contribution < -0.4 is 10.1 Å². The van der Waals surface area contributed by atoms with Crippen LogP contribution in [0.1, 0.15) is 39.3 Å². The topological polar surface area (TPSA) is 84.4 Å². The number of nitrogens with one attached hydrogen (secondary N) is 1. The smallest absolute Gasteiger partial charge is 0.286 e. The zero-order valence-electron chi connectivity index (χ0n) is 16.6. The summed E-state index contributed by atoms with van der Waals surface area (Å²) in [5.74, 6) is 0.265. The SMILES string of the molecule is Cc1ccc(NC(=O)c2nnc([C@@H]3CCCN3C(=O)COc3ccccc3)s2)cc1. The second kappa shape index (κ2) is 9.04. The number of aryl methyl sites for hydroxylation is 1. The number of hydrogen-bond donors (Lipinski definition) is 1. The molecule has 0 bridgehead atoms. The molecular weight excluding hydrogens is 400 g/mol. The number of para-hydroxylation sites is 1. The van der Waals surface area contributed by atoms with E-state index >= 15 is 0 Å². The molecule has 3 aromatic rings. The van der Waals surface area contributed by atoms with E-state index < -0.39 is 0 Å². The molecule has 1 aliphatic rings. The Morgan fingerprint density at radius 3 is 2.67 bits per heavy atom. The third-order valence-corrected chi connectivity index (χ3v) is 5.93. The number of likely N-dealkylation sites (tertiary alicyclic amines) is 1. The van der Waals surface area contributed by atoms with Gasteiger partial charge in [-0.2, -0.15) is 0 Å². The van der Waals surface area contributed by atoms with Crippen molar-refractivity contribution in [2.24, 2.45) is 0 Å². The van der Waals surface area contributed by atoms with Gasteiger partial charge in [-0.25, -0.2) is 0 Å². The van der Waals surface area contributed by atoms with E-state index in [0.717, 1.165) is 18.4 Å². The van der Waals surface area contributed by atoms with Crippen molar-refractivity contribution < 1.29 is 14.3 Å². The predicted molar refractivity (Wildman–Crippen MR) is 115 cm³/mol. The molecule has 0 unspecified atom stereocenters. The van der Waals surface area contributed by atoms with Gasteiger partial charge in [-0.1, -0.05) is 47.2 Å². The Morgan fingerprint density at radius 1 is 1.13 bits per heavy atom. The third-order valence-electron chi connectivity index (χ3n) is 4.91. The van der Waals surface area contributed by atoms with Gasteiger partial charge in [0.15, 0.2) is 6.61 Å². The molecule has 30 heavy (non-hydrogen) atoms. The van der Waals surface area contributed by atoms with Crippen LogP contribution >= 0.6 is 11.3 Å². The number of nitrogens with zero attached hydrogens (tertiary/aromatic N) is 3. The van der Waals surface area contributed by atoms with E-state index in [4.69, 9.17) is 4.74 Å². The van der Waals surface area contributed by atoms with Gasteiger partial charge in [-0.05, 0) is 44.0 Å². The number of ether oxygens (including phenoxy) is 1. The highest BCUT2D eigenvalue weighted by Crippen LogP contribution is 2.33. The number of hydrogen-bond acceptors (Lipinski definition) is 6. The highest BCUT2D eigenvalue weighted by molar-refractivity contribution is 7.13. The molecule has 8 heteroatoms. The Hall–Kier alpha value is -3.26. The number of rotatable bonds is 6. The molecule has 1 aromatic heterocycles. The van der Waals surface area contributed by atoms with Gasteiger partial charge >= 0.3 is 0 Å². The van der Waals surface area contributed by atoms with E-state index in [1.807, 2.05) is 61.5 Å². The molecule has 0 spiro atoms. The quantitative estimate of drug-likeness (QED) is 0.652. The van der Waals surface area contributed by atoms with Crippen LogP contribution in [0.5, 0.6) is 5.75 Å². The molecule has 1 atom stereocenters. The Morgan fingerprint density at radius 2 is 1.90 bits per heavy atom. The Labute approximate surface area is 178 Å². The number of amides is 2. The maximum Gasteiger partial charge on any atom is 0.286 e. The van der Waals surface area contributed by atoms with Crippen LogP contribution in [-0.4, -0.2) is 40.1 Å². The number of carbonyl (C=O) groups is 2. The highest BCUT2D eigenvalue weighted by atomic mass is 32.1. The van der Waals surface area contributed by atoms with Crippen molar-refractivity contribution in [3.63, 3.8) is 0 Å². The van der Waals surface area contributed by atoms with Crippen molar-refractivity contribution >= 4 is 28.8 Å². The summed E-state index contributed by atoms with van der Waals surface area (Å²) in [6.07, 6.45) is 1.68. The number of aromatic nitrogens is 2. The molecule has 1 fully saturated rings. The van der Waals surface area contributed by atoms with Gasteiger partial charge in [0, 0.05) is 12.2 Å². The zero-order chi connectivity index (χ0) is 20.9. The Bertz CT molecular complexity index is 1020. The Balaban J connectivity index is 1.39. The lowest BCUT2D eigenvalue weighted by Crippen LogP contribution is -2.34. The van der Waals surface area contributed by atoms with E-state index in [0.29, 0.717) is 23.0 Å². The first-order valence-electron chi connectivity index (χ1n) is 9.79. The van der Waals surface area contributed by atoms with Crippen molar-refractivity contribution in [3.8, 4) is 5.75 Å². The fourth-order valence-electron chi connectivity index (χ4n) is 3.35. The van der Waals surface area contributed by atoms with Crippen molar-refractivity contribution in [1.29, 1.82) is 0 Å². The van der Waals surface area contributed by atoms with Crippen LogP contribution in [0, 0.1) is 6.92 Å². The van der Waals surface area contributed by atoms with Crippen LogP contribution in [0.2, 0.25) is 0 Å². The summed E-state index contributed by atoms with van der Waals surface area (Å²) in [7, 11) is 0. The molecule has 2 heterocycles. The lowest BCUT2D eigenvalue weighted by atomic mass is 10.2. The summed E-state index contributed by atoms with van der Waals surface area (Å²) in [4.78, 5) is 27.0. The first kappa shape index (κ1) is 20.0. The summed E-state index contributed by atoms with van der Waals surface area (Å²) < 4.78 is 5.59. The molecule has 2 amide bonds. The van der Waals surface area contributed by atoms with Crippen molar-refractivity contribution in [1.82, 2.24) is 15.1 Å². The zero-order valence-corrected chi connectivity index (χ0v) is 17.4. The second-order valence-corrected chi connectivity index (χ2v) is 8.12. The lowest BCUT2D eigenvalue weighted by Gasteiger charge is -2.22. The maximum atomic E-state index is 12.7. The first-order chi connectivity index (χ1) is 14.6. The van der Waals surface area contributed by atoms with Gasteiger partial charge in [0.25, 0.3) is 11.8 Å². The van der Waals surface area contributed by atoms with Crippen molar-refractivity contribution in [2.45, 2.75) is 25.8 Å². The average molecular weight is 423 g/mol. The molecule has 2 aromatic carbocycles. The normalized spacial score (nSPS) is 15.8. The van der Waals surface area contributed by atoms with Gasteiger partial charge in [-0.3, -0.25) is 9.59 Å². The van der Waals surface area contributed by atoms with Crippen molar-refractivity contribution in [3.05, 3.63) is 70.2 Å². The molecule has 0 saturated carbocycles. The predicted octanol–water partition coefficient (Wildman–Crippen LogP) is 3.84. The minimum Gasteiger partial charge on any atom is -0.484 e. The molecule has 7 nitrogen and oxygen atoms in total. The molecule has 1 N–H and O–H groups in total. The molecule has 1 aliphatic heterocycles. The summed E-state index contributed by atoms with van der Waals surface area (Å²) >= 11 is 1.23. The maximum absolute atomic E-state index is 12.7. The highest BCUT2D eigenvalue weighted by Gasteiger charge is 2.33. The van der Waals surface area contributed by atoms with E-state index in [2.05, 4.69) is 15.5 Å². The Kier molecular flexibility index (Phi) is 6.04.